The Hall–Kier alpha value is -0.610. The van der Waals surface area contributed by atoms with Crippen molar-refractivity contribution < 1.29 is 9.53 Å². The van der Waals surface area contributed by atoms with E-state index in [4.69, 9.17) is 11.5 Å². The van der Waals surface area contributed by atoms with Crippen LogP contribution in [-0.4, -0.2) is 11.8 Å². The minimum Gasteiger partial charge on any atom is -0.431 e. The Balaban J connectivity index is 3.71. The molecule has 0 radical (unpaired) electrons. The second-order valence-electron chi connectivity index (χ2n) is 1.90. The number of ether oxygens (including phenoxy) is 1. The molecule has 0 aromatic heterocycles. The molecule has 0 bridgehead atoms. The van der Waals surface area contributed by atoms with Gasteiger partial charge < -0.3 is 4.74 Å². The number of rotatable bonds is 2. The van der Waals surface area contributed by atoms with Gasteiger partial charge in [0.15, 0.2) is 0 Å². The molecule has 9 heavy (non-hydrogen) atoms. The lowest BCUT2D eigenvalue weighted by molar-refractivity contribution is -0.156. The lowest BCUT2D eigenvalue weighted by atomic mass is 10.3. The van der Waals surface area contributed by atoms with E-state index in [1.165, 1.54) is 6.92 Å². The first-order valence-corrected chi connectivity index (χ1v) is 2.75. The summed E-state index contributed by atoms with van der Waals surface area (Å²) < 4.78 is 4.50. The quantitative estimate of drug-likeness (QED) is 0.393. The summed E-state index contributed by atoms with van der Waals surface area (Å²) in [6.07, 6.45) is 0.409. The van der Waals surface area contributed by atoms with E-state index in [9.17, 15) is 4.79 Å². The SMILES string of the molecule is CCC(N)(N)OC(C)=O. The maximum atomic E-state index is 10.2. The van der Waals surface area contributed by atoms with Gasteiger partial charge in [0.1, 0.15) is 0 Å². The van der Waals surface area contributed by atoms with Gasteiger partial charge in [-0.25, -0.2) is 0 Å². The van der Waals surface area contributed by atoms with Crippen LogP contribution in [0.15, 0.2) is 0 Å². The van der Waals surface area contributed by atoms with Gasteiger partial charge in [-0.2, -0.15) is 0 Å². The Morgan fingerprint density at radius 2 is 2.11 bits per heavy atom. The van der Waals surface area contributed by atoms with Gasteiger partial charge >= 0.3 is 5.97 Å². The molecule has 0 spiro atoms. The zero-order valence-electron chi connectivity index (χ0n) is 5.68. The first-order chi connectivity index (χ1) is 3.98. The van der Waals surface area contributed by atoms with Gasteiger partial charge in [0.05, 0.1) is 0 Å². The van der Waals surface area contributed by atoms with Crippen LogP contribution in [0.5, 0.6) is 0 Å². The van der Waals surface area contributed by atoms with E-state index in [0.29, 0.717) is 6.42 Å². The van der Waals surface area contributed by atoms with E-state index in [-0.39, 0.29) is 0 Å². The van der Waals surface area contributed by atoms with Crippen molar-refractivity contribution in [1.29, 1.82) is 0 Å². The van der Waals surface area contributed by atoms with Crippen LogP contribution in [0.3, 0.4) is 0 Å². The van der Waals surface area contributed by atoms with Gasteiger partial charge in [0.2, 0.25) is 5.85 Å². The van der Waals surface area contributed by atoms with Gasteiger partial charge in [-0.1, -0.05) is 6.92 Å². The van der Waals surface area contributed by atoms with Gasteiger partial charge in [0.25, 0.3) is 0 Å². The average molecular weight is 132 g/mol. The predicted octanol–water partition coefficient (Wildman–Crippen LogP) is -0.469. The van der Waals surface area contributed by atoms with Gasteiger partial charge in [-0.05, 0) is 0 Å². The molecule has 0 fully saturated rings. The topological polar surface area (TPSA) is 78.3 Å². The van der Waals surface area contributed by atoms with E-state index in [2.05, 4.69) is 4.74 Å². The summed E-state index contributed by atoms with van der Waals surface area (Å²) >= 11 is 0. The summed E-state index contributed by atoms with van der Waals surface area (Å²) in [6.45, 7) is 3.01. The molecule has 4 nitrogen and oxygen atoms in total. The molecule has 54 valence electrons. The zero-order chi connectivity index (χ0) is 7.49. The lowest BCUT2D eigenvalue weighted by Crippen LogP contribution is -2.52. The molecule has 0 unspecified atom stereocenters. The highest BCUT2D eigenvalue weighted by molar-refractivity contribution is 5.66. The number of hydrogen-bond acceptors (Lipinski definition) is 4. The molecule has 0 aliphatic carbocycles. The number of nitrogens with two attached hydrogens (primary N) is 2. The van der Waals surface area contributed by atoms with Crippen LogP contribution in [0, 0.1) is 0 Å². The highest BCUT2D eigenvalue weighted by Gasteiger charge is 2.18. The fourth-order valence-corrected chi connectivity index (χ4v) is 0.340. The van der Waals surface area contributed by atoms with Crippen molar-refractivity contribution in [3.63, 3.8) is 0 Å². The summed E-state index contributed by atoms with van der Waals surface area (Å²) in [6, 6.07) is 0. The molecule has 0 rings (SSSR count). The zero-order valence-corrected chi connectivity index (χ0v) is 5.68. The molecular weight excluding hydrogens is 120 g/mol. The van der Waals surface area contributed by atoms with Crippen LogP contribution < -0.4 is 11.5 Å². The predicted molar refractivity (Wildman–Crippen MR) is 33.2 cm³/mol. The van der Waals surface area contributed by atoms with E-state index in [1.54, 1.807) is 6.92 Å². The van der Waals surface area contributed by atoms with Crippen LogP contribution >= 0.6 is 0 Å². The van der Waals surface area contributed by atoms with Crippen molar-refractivity contribution in [2.24, 2.45) is 11.5 Å². The third-order valence-corrected chi connectivity index (χ3v) is 0.886. The molecule has 0 heterocycles. The van der Waals surface area contributed by atoms with Gasteiger partial charge in [-0.3, -0.25) is 16.3 Å². The smallest absolute Gasteiger partial charge is 0.305 e. The molecule has 0 saturated heterocycles. The van der Waals surface area contributed by atoms with Crippen molar-refractivity contribution in [2.75, 3.05) is 0 Å². The molecule has 0 saturated carbocycles. The van der Waals surface area contributed by atoms with Crippen LogP contribution in [-0.2, 0) is 9.53 Å². The summed E-state index contributed by atoms with van der Waals surface area (Å²) in [7, 11) is 0. The molecule has 0 atom stereocenters. The highest BCUT2D eigenvalue weighted by Crippen LogP contribution is 1.98. The minimum absolute atomic E-state index is 0.409. The molecule has 0 aliphatic heterocycles. The number of esters is 1. The summed E-state index contributed by atoms with van der Waals surface area (Å²) in [5, 5.41) is 0. The van der Waals surface area contributed by atoms with Crippen molar-refractivity contribution in [3.8, 4) is 0 Å². The molecule has 0 amide bonds. The fraction of sp³-hybridized carbons (Fsp3) is 0.800. The van der Waals surface area contributed by atoms with Gasteiger partial charge in [0, 0.05) is 13.3 Å². The maximum absolute atomic E-state index is 10.2. The minimum atomic E-state index is -1.29. The molecule has 0 aromatic rings. The van der Waals surface area contributed by atoms with Crippen molar-refractivity contribution in [3.05, 3.63) is 0 Å². The maximum Gasteiger partial charge on any atom is 0.305 e. The number of carbonyl (C=O) groups excluding carboxylic acids is 1. The third-order valence-electron chi connectivity index (χ3n) is 0.886. The first-order valence-electron chi connectivity index (χ1n) is 2.75. The van der Waals surface area contributed by atoms with Crippen molar-refractivity contribution in [1.82, 2.24) is 0 Å². The second-order valence-corrected chi connectivity index (χ2v) is 1.90. The fourth-order valence-electron chi connectivity index (χ4n) is 0.340. The molecule has 0 aromatic carbocycles. The Morgan fingerprint density at radius 1 is 1.67 bits per heavy atom. The van der Waals surface area contributed by atoms with Crippen LogP contribution in [0.4, 0.5) is 0 Å². The number of carbonyl (C=O) groups is 1. The van der Waals surface area contributed by atoms with E-state index < -0.39 is 11.8 Å². The monoisotopic (exact) mass is 132 g/mol. The van der Waals surface area contributed by atoms with E-state index >= 15 is 0 Å². The first kappa shape index (κ1) is 8.39. The molecule has 0 aliphatic rings. The van der Waals surface area contributed by atoms with Crippen LogP contribution in [0.25, 0.3) is 0 Å². The summed E-state index contributed by atoms with van der Waals surface area (Å²) in [5.41, 5.74) is 10.5. The average Bonchev–Trinajstić information content (AvgIpc) is 1.63. The Kier molecular flexibility index (Phi) is 2.61. The normalized spacial score (nSPS) is 11.1. The van der Waals surface area contributed by atoms with Gasteiger partial charge in [-0.15, -0.1) is 0 Å². The molecular formula is C5H12N2O2. The lowest BCUT2D eigenvalue weighted by Gasteiger charge is -2.21. The Bertz CT molecular complexity index is 112. The second kappa shape index (κ2) is 2.80. The van der Waals surface area contributed by atoms with E-state index in [1.807, 2.05) is 0 Å². The standard InChI is InChI=1S/C5H12N2O2/c1-3-5(6,7)9-4(2)8/h3,6-7H2,1-2H3. The number of hydrogen-bond donors (Lipinski definition) is 2. The Morgan fingerprint density at radius 3 is 2.22 bits per heavy atom. The summed E-state index contributed by atoms with van der Waals surface area (Å²) in [4.78, 5) is 10.2. The third kappa shape index (κ3) is 3.93. The summed E-state index contributed by atoms with van der Waals surface area (Å²) in [5.74, 6) is -1.74. The van der Waals surface area contributed by atoms with Crippen LogP contribution in [0.1, 0.15) is 20.3 Å². The van der Waals surface area contributed by atoms with Crippen molar-refractivity contribution >= 4 is 5.97 Å². The molecule has 4 N–H and O–H groups in total. The molecule has 4 heteroatoms. The highest BCUT2D eigenvalue weighted by atomic mass is 16.6. The van der Waals surface area contributed by atoms with Crippen molar-refractivity contribution in [2.45, 2.75) is 26.1 Å². The largest absolute Gasteiger partial charge is 0.431 e. The van der Waals surface area contributed by atoms with E-state index in [0.717, 1.165) is 0 Å². The Labute approximate surface area is 54.2 Å². The van der Waals surface area contributed by atoms with Crippen LogP contribution in [0.2, 0.25) is 0 Å².